The van der Waals surface area contributed by atoms with E-state index < -0.39 is 0 Å². The average molecular weight is 283 g/mol. The van der Waals surface area contributed by atoms with Gasteiger partial charge < -0.3 is 20.6 Å². The van der Waals surface area contributed by atoms with E-state index in [1.807, 2.05) is 0 Å². The van der Waals surface area contributed by atoms with Crippen LogP contribution in [-0.4, -0.2) is 54.4 Å². The van der Waals surface area contributed by atoms with Gasteiger partial charge in [0.2, 0.25) is 0 Å². The molecule has 2 rings (SSSR count). The number of amides is 2. The number of nitrogens with zero attached hydrogens (tertiary/aromatic N) is 1. The highest BCUT2D eigenvalue weighted by atomic mass is 16.3. The fourth-order valence-corrected chi connectivity index (χ4v) is 3.27. The third kappa shape index (κ3) is 4.35. The Balaban J connectivity index is 1.62. The number of urea groups is 1. The normalized spacial score (nSPS) is 23.7. The molecule has 2 amide bonds. The van der Waals surface area contributed by atoms with Crippen LogP contribution < -0.4 is 10.6 Å². The van der Waals surface area contributed by atoms with Crippen molar-refractivity contribution in [3.05, 3.63) is 0 Å². The van der Waals surface area contributed by atoms with Crippen LogP contribution in [0.2, 0.25) is 0 Å². The molecular weight excluding hydrogens is 254 g/mol. The second-order valence-corrected chi connectivity index (χ2v) is 6.55. The first-order chi connectivity index (χ1) is 9.63. The van der Waals surface area contributed by atoms with Crippen LogP contribution in [0.4, 0.5) is 4.79 Å². The summed E-state index contributed by atoms with van der Waals surface area (Å²) in [6.45, 7) is 6.24. The zero-order valence-corrected chi connectivity index (χ0v) is 12.7. The number of rotatable bonds is 5. The number of aliphatic hydroxyl groups excluding tert-OH is 1. The standard InChI is InChI=1S/C15H29N3O2/c1-13-4-9-18(10-5-13)11-8-16-14(20)17-15(12-19)6-2-3-7-15/h13,19H,2-12H2,1H3,(H2,16,17,20). The van der Waals surface area contributed by atoms with Crippen molar-refractivity contribution in [3.63, 3.8) is 0 Å². The summed E-state index contributed by atoms with van der Waals surface area (Å²) < 4.78 is 0. The van der Waals surface area contributed by atoms with Gasteiger partial charge in [-0.25, -0.2) is 4.79 Å². The summed E-state index contributed by atoms with van der Waals surface area (Å²) in [6.07, 6.45) is 6.49. The van der Waals surface area contributed by atoms with Gasteiger partial charge in [-0.3, -0.25) is 0 Å². The van der Waals surface area contributed by atoms with Crippen LogP contribution in [0.3, 0.4) is 0 Å². The smallest absolute Gasteiger partial charge is 0.315 e. The monoisotopic (exact) mass is 283 g/mol. The van der Waals surface area contributed by atoms with E-state index in [9.17, 15) is 9.90 Å². The lowest BCUT2D eigenvalue weighted by molar-refractivity contribution is 0.160. The number of aliphatic hydroxyl groups is 1. The van der Waals surface area contributed by atoms with Gasteiger partial charge in [0.25, 0.3) is 0 Å². The Morgan fingerprint density at radius 2 is 1.95 bits per heavy atom. The number of carbonyl (C=O) groups excluding carboxylic acids is 1. The second kappa shape index (κ2) is 7.27. The van der Waals surface area contributed by atoms with Gasteiger partial charge in [-0.05, 0) is 44.7 Å². The van der Waals surface area contributed by atoms with E-state index in [1.54, 1.807) is 0 Å². The predicted molar refractivity (Wildman–Crippen MR) is 79.7 cm³/mol. The van der Waals surface area contributed by atoms with E-state index in [-0.39, 0.29) is 18.2 Å². The summed E-state index contributed by atoms with van der Waals surface area (Å²) in [5, 5.41) is 15.4. The van der Waals surface area contributed by atoms with Gasteiger partial charge in [-0.15, -0.1) is 0 Å². The summed E-state index contributed by atoms with van der Waals surface area (Å²) in [4.78, 5) is 14.3. The molecule has 1 aliphatic heterocycles. The van der Waals surface area contributed by atoms with Gasteiger partial charge in [0.1, 0.15) is 0 Å². The SMILES string of the molecule is CC1CCN(CCNC(=O)NC2(CO)CCCC2)CC1. The molecule has 1 heterocycles. The van der Waals surface area contributed by atoms with E-state index >= 15 is 0 Å². The first-order valence-electron chi connectivity index (χ1n) is 8.03. The molecule has 0 unspecified atom stereocenters. The topological polar surface area (TPSA) is 64.6 Å². The van der Waals surface area contributed by atoms with Crippen molar-refractivity contribution in [2.24, 2.45) is 5.92 Å². The van der Waals surface area contributed by atoms with Crippen molar-refractivity contribution in [1.82, 2.24) is 15.5 Å². The summed E-state index contributed by atoms with van der Waals surface area (Å²) >= 11 is 0. The molecule has 1 saturated heterocycles. The van der Waals surface area contributed by atoms with Crippen molar-refractivity contribution in [3.8, 4) is 0 Å². The minimum Gasteiger partial charge on any atom is -0.394 e. The van der Waals surface area contributed by atoms with Crippen LogP contribution in [0.25, 0.3) is 0 Å². The maximum atomic E-state index is 11.9. The molecule has 5 nitrogen and oxygen atoms in total. The summed E-state index contributed by atoms with van der Waals surface area (Å²) in [5.41, 5.74) is -0.370. The van der Waals surface area contributed by atoms with Gasteiger partial charge in [0.05, 0.1) is 12.1 Å². The van der Waals surface area contributed by atoms with Gasteiger partial charge in [0.15, 0.2) is 0 Å². The van der Waals surface area contributed by atoms with Crippen molar-refractivity contribution in [1.29, 1.82) is 0 Å². The van der Waals surface area contributed by atoms with Crippen LogP contribution >= 0.6 is 0 Å². The molecule has 0 spiro atoms. The van der Waals surface area contributed by atoms with Gasteiger partial charge in [-0.1, -0.05) is 19.8 Å². The van der Waals surface area contributed by atoms with Crippen molar-refractivity contribution < 1.29 is 9.90 Å². The minimum absolute atomic E-state index is 0.0461. The summed E-state index contributed by atoms with van der Waals surface area (Å²) in [5.74, 6) is 0.842. The van der Waals surface area contributed by atoms with Crippen molar-refractivity contribution in [2.45, 2.75) is 51.0 Å². The van der Waals surface area contributed by atoms with E-state index in [0.29, 0.717) is 6.54 Å². The summed E-state index contributed by atoms with van der Waals surface area (Å²) in [7, 11) is 0. The van der Waals surface area contributed by atoms with Crippen LogP contribution in [-0.2, 0) is 0 Å². The predicted octanol–water partition coefficient (Wildman–Crippen LogP) is 1.32. The molecule has 5 heteroatoms. The molecule has 0 aromatic heterocycles. The lowest BCUT2D eigenvalue weighted by atomic mass is 9.99. The Morgan fingerprint density at radius 3 is 2.55 bits per heavy atom. The molecule has 0 radical (unpaired) electrons. The number of nitrogens with one attached hydrogen (secondary N) is 2. The molecule has 2 fully saturated rings. The fraction of sp³-hybridized carbons (Fsp3) is 0.933. The first-order valence-corrected chi connectivity index (χ1v) is 8.03. The van der Waals surface area contributed by atoms with E-state index in [2.05, 4.69) is 22.5 Å². The molecule has 1 aliphatic carbocycles. The highest BCUT2D eigenvalue weighted by molar-refractivity contribution is 5.74. The largest absolute Gasteiger partial charge is 0.394 e. The zero-order chi connectivity index (χ0) is 14.4. The van der Waals surface area contributed by atoms with Crippen molar-refractivity contribution in [2.75, 3.05) is 32.8 Å². The molecule has 20 heavy (non-hydrogen) atoms. The summed E-state index contributed by atoms with van der Waals surface area (Å²) in [6, 6.07) is -0.133. The van der Waals surface area contributed by atoms with E-state index in [4.69, 9.17) is 0 Å². The quantitative estimate of drug-likeness (QED) is 0.713. The molecule has 3 N–H and O–H groups in total. The Kier molecular flexibility index (Phi) is 5.66. The lowest BCUT2D eigenvalue weighted by Gasteiger charge is -2.31. The maximum Gasteiger partial charge on any atom is 0.315 e. The maximum absolute atomic E-state index is 11.9. The second-order valence-electron chi connectivity index (χ2n) is 6.55. The number of piperidine rings is 1. The average Bonchev–Trinajstić information content (AvgIpc) is 2.90. The Hall–Kier alpha value is -0.810. The van der Waals surface area contributed by atoms with Crippen LogP contribution in [0.15, 0.2) is 0 Å². The zero-order valence-electron chi connectivity index (χ0n) is 12.7. The number of hydrogen-bond donors (Lipinski definition) is 3. The Morgan fingerprint density at radius 1 is 1.30 bits per heavy atom. The van der Waals surface area contributed by atoms with E-state index in [0.717, 1.165) is 51.2 Å². The Bertz CT molecular complexity index is 308. The molecule has 0 aromatic carbocycles. The van der Waals surface area contributed by atoms with Gasteiger partial charge >= 0.3 is 6.03 Å². The fourth-order valence-electron chi connectivity index (χ4n) is 3.27. The van der Waals surface area contributed by atoms with Gasteiger partial charge in [-0.2, -0.15) is 0 Å². The minimum atomic E-state index is -0.370. The molecule has 2 aliphatic rings. The third-order valence-corrected chi connectivity index (χ3v) is 4.83. The molecular formula is C15H29N3O2. The number of hydrogen-bond acceptors (Lipinski definition) is 3. The lowest BCUT2D eigenvalue weighted by Crippen LogP contribution is -2.53. The van der Waals surface area contributed by atoms with Crippen molar-refractivity contribution >= 4 is 6.03 Å². The molecule has 0 aromatic rings. The van der Waals surface area contributed by atoms with E-state index in [1.165, 1.54) is 12.8 Å². The Labute approximate surface area is 122 Å². The number of carbonyl (C=O) groups is 1. The highest BCUT2D eigenvalue weighted by Gasteiger charge is 2.34. The third-order valence-electron chi connectivity index (χ3n) is 4.83. The molecule has 0 bridgehead atoms. The van der Waals surface area contributed by atoms with Gasteiger partial charge in [0, 0.05) is 13.1 Å². The molecule has 1 saturated carbocycles. The first kappa shape index (κ1) is 15.6. The van der Waals surface area contributed by atoms with Crippen LogP contribution in [0.1, 0.15) is 45.4 Å². The molecule has 116 valence electrons. The highest BCUT2D eigenvalue weighted by Crippen LogP contribution is 2.28. The number of likely N-dealkylation sites (tertiary alicyclic amines) is 1. The van der Waals surface area contributed by atoms with Crippen LogP contribution in [0.5, 0.6) is 0 Å². The van der Waals surface area contributed by atoms with Crippen LogP contribution in [0, 0.1) is 5.92 Å². The molecule has 0 atom stereocenters.